The van der Waals surface area contributed by atoms with Gasteiger partial charge < -0.3 is 5.32 Å². The summed E-state index contributed by atoms with van der Waals surface area (Å²) in [5.74, 6) is 3.44. The number of nitrogens with zero attached hydrogens (tertiary/aromatic N) is 4. The molecule has 5 nitrogen and oxygen atoms in total. The first-order valence-corrected chi connectivity index (χ1v) is 8.09. The number of aromatic nitrogens is 4. The minimum absolute atomic E-state index is 0.537. The van der Waals surface area contributed by atoms with E-state index in [-0.39, 0.29) is 0 Å². The van der Waals surface area contributed by atoms with Crippen molar-refractivity contribution in [2.45, 2.75) is 58.9 Å². The van der Waals surface area contributed by atoms with Crippen molar-refractivity contribution in [2.75, 3.05) is 5.32 Å². The highest BCUT2D eigenvalue weighted by Gasteiger charge is 2.21. The van der Waals surface area contributed by atoms with Gasteiger partial charge in [0.1, 0.15) is 5.82 Å². The Bertz CT molecular complexity index is 604. The summed E-state index contributed by atoms with van der Waals surface area (Å²) in [6.07, 6.45) is 6.48. The maximum atomic E-state index is 4.59. The molecule has 0 aromatic carbocycles. The van der Waals surface area contributed by atoms with Crippen LogP contribution < -0.4 is 5.32 Å². The monoisotopic (exact) mass is 287 g/mol. The van der Waals surface area contributed by atoms with Gasteiger partial charge in [-0.15, -0.1) is 15.3 Å². The van der Waals surface area contributed by atoms with Gasteiger partial charge in [0.2, 0.25) is 0 Å². The molecule has 21 heavy (non-hydrogen) atoms. The number of hydrogen-bond acceptors (Lipinski definition) is 4. The molecule has 3 rings (SSSR count). The molecule has 1 saturated carbocycles. The first-order valence-electron chi connectivity index (χ1n) is 8.09. The van der Waals surface area contributed by atoms with Crippen molar-refractivity contribution in [1.82, 2.24) is 19.8 Å². The average Bonchev–Trinajstić information content (AvgIpc) is 2.69. The molecule has 2 unspecified atom stereocenters. The molecule has 0 spiro atoms. The van der Waals surface area contributed by atoms with Gasteiger partial charge in [0, 0.05) is 6.04 Å². The number of hydrogen-bond donors (Lipinski definition) is 1. The summed E-state index contributed by atoms with van der Waals surface area (Å²) < 4.78 is 1.80. The minimum Gasteiger partial charge on any atom is -0.366 e. The predicted molar refractivity (Wildman–Crippen MR) is 84.3 cm³/mol. The van der Waals surface area contributed by atoms with Gasteiger partial charge in [-0.25, -0.2) is 0 Å². The fourth-order valence-electron chi connectivity index (χ4n) is 3.32. The maximum absolute atomic E-state index is 4.59. The molecule has 0 aliphatic heterocycles. The van der Waals surface area contributed by atoms with Gasteiger partial charge in [0.25, 0.3) is 0 Å². The van der Waals surface area contributed by atoms with E-state index in [4.69, 9.17) is 0 Å². The molecule has 1 N–H and O–H groups in total. The van der Waals surface area contributed by atoms with Crippen LogP contribution in [0.25, 0.3) is 5.65 Å². The normalized spacial score (nSPS) is 23.4. The fourth-order valence-corrected chi connectivity index (χ4v) is 3.32. The molecule has 0 saturated heterocycles. The molecular weight excluding hydrogens is 262 g/mol. The Morgan fingerprint density at radius 3 is 2.81 bits per heavy atom. The van der Waals surface area contributed by atoms with Gasteiger partial charge >= 0.3 is 0 Å². The predicted octanol–water partition coefficient (Wildman–Crippen LogP) is 3.45. The van der Waals surface area contributed by atoms with Crippen LogP contribution in [0.3, 0.4) is 0 Å². The fraction of sp³-hybridized carbons (Fsp3) is 0.688. The smallest absolute Gasteiger partial charge is 0.178 e. The third kappa shape index (κ3) is 3.17. The van der Waals surface area contributed by atoms with Crippen LogP contribution in [0.15, 0.2) is 12.1 Å². The number of nitrogens with one attached hydrogen (secondary N) is 1. The summed E-state index contributed by atoms with van der Waals surface area (Å²) in [6.45, 7) is 6.63. The number of rotatable bonds is 3. The summed E-state index contributed by atoms with van der Waals surface area (Å²) in [6, 6.07) is 4.52. The zero-order valence-electron chi connectivity index (χ0n) is 13.2. The van der Waals surface area contributed by atoms with Gasteiger partial charge in [-0.2, -0.15) is 4.52 Å². The van der Waals surface area contributed by atoms with E-state index in [1.165, 1.54) is 32.1 Å². The topological polar surface area (TPSA) is 55.1 Å². The van der Waals surface area contributed by atoms with Crippen molar-refractivity contribution in [3.05, 3.63) is 18.0 Å². The first-order chi connectivity index (χ1) is 10.1. The quantitative estimate of drug-likeness (QED) is 0.878. The Morgan fingerprint density at radius 2 is 2.00 bits per heavy atom. The summed E-state index contributed by atoms with van der Waals surface area (Å²) in [5, 5.41) is 16.3. The molecule has 0 radical (unpaired) electrons. The zero-order chi connectivity index (χ0) is 14.8. The summed E-state index contributed by atoms with van der Waals surface area (Å²) in [4.78, 5) is 0. The lowest BCUT2D eigenvalue weighted by Crippen LogP contribution is -2.20. The van der Waals surface area contributed by atoms with E-state index in [0.717, 1.165) is 29.1 Å². The third-order valence-electron chi connectivity index (χ3n) is 4.73. The Balaban J connectivity index is 1.68. The largest absolute Gasteiger partial charge is 0.366 e. The Kier molecular flexibility index (Phi) is 4.08. The molecule has 1 aliphatic carbocycles. The van der Waals surface area contributed by atoms with Crippen LogP contribution in [0.5, 0.6) is 0 Å². The SMILES string of the molecule is Cc1nnc2ccc(NC3CCCC(C(C)C)CC3)nn12. The molecule has 5 heteroatoms. The van der Waals surface area contributed by atoms with Gasteiger partial charge in [0.15, 0.2) is 11.5 Å². The maximum Gasteiger partial charge on any atom is 0.178 e. The second kappa shape index (κ2) is 6.00. The van der Waals surface area contributed by atoms with Crippen LogP contribution in [0.1, 0.15) is 51.8 Å². The number of fused-ring (bicyclic) bond motifs is 1. The first kappa shape index (κ1) is 14.3. The summed E-state index contributed by atoms with van der Waals surface area (Å²) >= 11 is 0. The molecule has 2 aromatic heterocycles. The van der Waals surface area contributed by atoms with Gasteiger partial charge in [-0.1, -0.05) is 26.7 Å². The lowest BCUT2D eigenvalue weighted by molar-refractivity contribution is 0.341. The molecule has 1 fully saturated rings. The highest BCUT2D eigenvalue weighted by Crippen LogP contribution is 2.29. The lowest BCUT2D eigenvalue weighted by Gasteiger charge is -2.19. The van der Waals surface area contributed by atoms with Crippen molar-refractivity contribution in [1.29, 1.82) is 0 Å². The summed E-state index contributed by atoms with van der Waals surface area (Å²) in [7, 11) is 0. The number of anilines is 1. The summed E-state index contributed by atoms with van der Waals surface area (Å²) in [5.41, 5.74) is 0.804. The molecule has 2 aromatic rings. The van der Waals surface area contributed by atoms with Crippen LogP contribution in [0.4, 0.5) is 5.82 Å². The second-order valence-electron chi connectivity index (χ2n) is 6.59. The Morgan fingerprint density at radius 1 is 1.14 bits per heavy atom. The minimum atomic E-state index is 0.537. The highest BCUT2D eigenvalue weighted by molar-refractivity contribution is 5.44. The van der Waals surface area contributed by atoms with E-state index in [0.29, 0.717) is 6.04 Å². The van der Waals surface area contributed by atoms with E-state index in [9.17, 15) is 0 Å². The Hall–Kier alpha value is -1.65. The molecule has 0 amide bonds. The molecule has 1 aliphatic rings. The molecule has 2 atom stereocenters. The van der Waals surface area contributed by atoms with Crippen LogP contribution >= 0.6 is 0 Å². The van der Waals surface area contributed by atoms with Crippen molar-refractivity contribution in [2.24, 2.45) is 11.8 Å². The van der Waals surface area contributed by atoms with Crippen LogP contribution in [0, 0.1) is 18.8 Å². The molecule has 0 bridgehead atoms. The lowest BCUT2D eigenvalue weighted by atomic mass is 9.89. The van der Waals surface area contributed by atoms with E-state index >= 15 is 0 Å². The second-order valence-corrected chi connectivity index (χ2v) is 6.59. The molecular formula is C16H25N5. The van der Waals surface area contributed by atoms with Crippen molar-refractivity contribution in [3.63, 3.8) is 0 Å². The van der Waals surface area contributed by atoms with E-state index < -0.39 is 0 Å². The van der Waals surface area contributed by atoms with Crippen LogP contribution in [0.2, 0.25) is 0 Å². The van der Waals surface area contributed by atoms with E-state index in [1.807, 2.05) is 19.1 Å². The molecule has 114 valence electrons. The van der Waals surface area contributed by atoms with Gasteiger partial charge in [-0.3, -0.25) is 0 Å². The van der Waals surface area contributed by atoms with E-state index in [2.05, 4.69) is 34.5 Å². The van der Waals surface area contributed by atoms with Crippen molar-refractivity contribution >= 4 is 11.5 Å². The van der Waals surface area contributed by atoms with E-state index in [1.54, 1.807) is 4.52 Å². The van der Waals surface area contributed by atoms with Crippen molar-refractivity contribution in [3.8, 4) is 0 Å². The van der Waals surface area contributed by atoms with Gasteiger partial charge in [-0.05, 0) is 50.2 Å². The van der Waals surface area contributed by atoms with Crippen molar-refractivity contribution < 1.29 is 0 Å². The average molecular weight is 287 g/mol. The molecule has 2 heterocycles. The van der Waals surface area contributed by atoms with Crippen LogP contribution in [-0.4, -0.2) is 25.9 Å². The standard InChI is InChI=1S/C16H25N5/c1-11(2)13-5-4-6-14(8-7-13)17-15-9-10-16-19-18-12(3)21(16)20-15/h9-11,13-14H,4-8H2,1-3H3,(H,17,20). The number of aryl methyl sites for hydroxylation is 1. The third-order valence-corrected chi connectivity index (χ3v) is 4.73. The highest BCUT2D eigenvalue weighted by atomic mass is 15.4. The Labute approximate surface area is 126 Å². The zero-order valence-corrected chi connectivity index (χ0v) is 13.2. The van der Waals surface area contributed by atoms with Crippen LogP contribution in [-0.2, 0) is 0 Å². The van der Waals surface area contributed by atoms with Gasteiger partial charge in [0.05, 0.1) is 0 Å².